The second-order valence-corrected chi connectivity index (χ2v) is 11.2. The molecule has 4 aromatic rings. The Labute approximate surface area is 246 Å². The summed E-state index contributed by atoms with van der Waals surface area (Å²) in [6.45, 7) is 4.70. The van der Waals surface area contributed by atoms with Crippen LogP contribution in [0, 0.1) is 0 Å². The van der Waals surface area contributed by atoms with Crippen LogP contribution in [0.4, 0.5) is 17.2 Å². The van der Waals surface area contributed by atoms with Gasteiger partial charge in [0.15, 0.2) is 5.65 Å². The van der Waals surface area contributed by atoms with Crippen molar-refractivity contribution < 1.29 is 9.53 Å². The Morgan fingerprint density at radius 2 is 1.74 bits per heavy atom. The normalized spacial score (nSPS) is 20.0. The highest BCUT2D eigenvalue weighted by Gasteiger charge is 2.30. The highest BCUT2D eigenvalue weighted by molar-refractivity contribution is 6.00. The number of amides is 1. The zero-order valence-electron chi connectivity index (χ0n) is 24.3. The maximum atomic E-state index is 12.7. The molecule has 4 N–H and O–H groups in total. The molecule has 2 aromatic heterocycles. The van der Waals surface area contributed by atoms with Crippen LogP contribution in [0.15, 0.2) is 54.9 Å². The predicted molar refractivity (Wildman–Crippen MR) is 166 cm³/mol. The maximum Gasteiger partial charge on any atom is 0.243 e. The maximum absolute atomic E-state index is 12.7. The lowest BCUT2D eigenvalue weighted by atomic mass is 9.90. The average molecular weight is 570 g/mol. The van der Waals surface area contributed by atoms with Crippen LogP contribution in [0.2, 0.25) is 0 Å². The standard InChI is InChI=1S/C31H39N9O2/c1-38-14-16-39(17-15-38)23-9-11-24(12-10-23)40-31-28(30(32)34-20-35-31)29(37-40)21-8-13-25(26(18-21)42-2)36-27(41)19-33-22-6-4-3-5-7-22/h3-8,13,18,20,23-24,33H,9-12,14-17,19H2,1-2H3,(H,36,41)(H2,32,34,35)/t23-,24+. The quantitative estimate of drug-likeness (QED) is 0.290. The minimum absolute atomic E-state index is 0.134. The number of nitrogens with one attached hydrogen (secondary N) is 2. The molecule has 2 fully saturated rings. The number of aromatic nitrogens is 4. The van der Waals surface area contributed by atoms with Gasteiger partial charge in [-0.1, -0.05) is 24.3 Å². The summed E-state index contributed by atoms with van der Waals surface area (Å²) in [6, 6.07) is 16.1. The molecule has 11 nitrogen and oxygen atoms in total. The monoisotopic (exact) mass is 569 g/mol. The Balaban J connectivity index is 1.21. The molecule has 2 aromatic carbocycles. The van der Waals surface area contributed by atoms with E-state index in [2.05, 4.69) is 42.1 Å². The van der Waals surface area contributed by atoms with Crippen LogP contribution >= 0.6 is 0 Å². The lowest BCUT2D eigenvalue weighted by Gasteiger charge is -2.41. The van der Waals surface area contributed by atoms with Crippen LogP contribution in [0.5, 0.6) is 5.75 Å². The van der Waals surface area contributed by atoms with Gasteiger partial charge in [0, 0.05) is 43.5 Å². The van der Waals surface area contributed by atoms with E-state index >= 15 is 0 Å². The van der Waals surface area contributed by atoms with Gasteiger partial charge < -0.3 is 26.0 Å². The molecule has 6 rings (SSSR count). The fraction of sp³-hybridized carbons (Fsp3) is 0.419. The molecule has 2 aliphatic rings. The van der Waals surface area contributed by atoms with Crippen molar-refractivity contribution in [3.05, 3.63) is 54.9 Å². The molecule has 220 valence electrons. The summed E-state index contributed by atoms with van der Waals surface area (Å²) in [5.74, 6) is 0.756. The van der Waals surface area contributed by atoms with Gasteiger partial charge in [-0.25, -0.2) is 14.6 Å². The fourth-order valence-corrected chi connectivity index (χ4v) is 6.18. The van der Waals surface area contributed by atoms with E-state index in [-0.39, 0.29) is 18.5 Å². The molecule has 0 unspecified atom stereocenters. The van der Waals surface area contributed by atoms with Crippen LogP contribution in [-0.2, 0) is 4.79 Å². The van der Waals surface area contributed by atoms with Crippen LogP contribution in [0.25, 0.3) is 22.3 Å². The van der Waals surface area contributed by atoms with Crippen LogP contribution in [0.3, 0.4) is 0 Å². The molecule has 0 spiro atoms. The number of methoxy groups -OCH3 is 1. The number of fused-ring (bicyclic) bond motifs is 1. The van der Waals surface area contributed by atoms with E-state index in [1.54, 1.807) is 7.11 Å². The Hall–Kier alpha value is -4.22. The third-order valence-corrected chi connectivity index (χ3v) is 8.56. The number of nitrogens with zero attached hydrogens (tertiary/aromatic N) is 6. The van der Waals surface area contributed by atoms with E-state index in [0.717, 1.165) is 74.1 Å². The average Bonchev–Trinajstić information content (AvgIpc) is 3.42. The molecule has 11 heteroatoms. The number of benzene rings is 2. The number of nitrogen functional groups attached to an aromatic ring is 1. The zero-order valence-corrected chi connectivity index (χ0v) is 24.3. The van der Waals surface area contributed by atoms with Gasteiger partial charge in [0.1, 0.15) is 23.6 Å². The van der Waals surface area contributed by atoms with E-state index < -0.39 is 0 Å². The van der Waals surface area contributed by atoms with E-state index in [1.807, 2.05) is 48.5 Å². The number of carbonyl (C=O) groups is 1. The van der Waals surface area contributed by atoms with Gasteiger partial charge in [-0.05, 0) is 57.0 Å². The Kier molecular flexibility index (Phi) is 8.20. The summed E-state index contributed by atoms with van der Waals surface area (Å²) >= 11 is 0. The van der Waals surface area contributed by atoms with Crippen molar-refractivity contribution in [2.24, 2.45) is 0 Å². The lowest BCUT2D eigenvalue weighted by Crippen LogP contribution is -2.49. The van der Waals surface area contributed by atoms with Gasteiger partial charge in [0.25, 0.3) is 0 Å². The largest absolute Gasteiger partial charge is 0.495 e. The third-order valence-electron chi connectivity index (χ3n) is 8.56. The molecule has 1 aliphatic carbocycles. The third kappa shape index (κ3) is 5.88. The first-order valence-electron chi connectivity index (χ1n) is 14.7. The van der Waals surface area contributed by atoms with Gasteiger partial charge >= 0.3 is 0 Å². The highest BCUT2D eigenvalue weighted by Crippen LogP contribution is 2.39. The topological polar surface area (TPSA) is 126 Å². The first-order chi connectivity index (χ1) is 20.5. The van der Waals surface area contributed by atoms with Crippen LogP contribution in [0.1, 0.15) is 31.7 Å². The van der Waals surface area contributed by atoms with Gasteiger partial charge in [-0.3, -0.25) is 9.69 Å². The molecule has 1 saturated heterocycles. The van der Waals surface area contributed by atoms with Crippen LogP contribution < -0.4 is 21.1 Å². The number of para-hydroxylation sites is 1. The second kappa shape index (κ2) is 12.3. The number of piperazine rings is 1. The summed E-state index contributed by atoms with van der Waals surface area (Å²) in [7, 11) is 3.79. The van der Waals surface area contributed by atoms with Gasteiger partial charge in [-0.2, -0.15) is 5.10 Å². The number of ether oxygens (including phenoxy) is 1. The van der Waals surface area contributed by atoms with E-state index in [4.69, 9.17) is 15.6 Å². The zero-order chi connectivity index (χ0) is 29.1. The highest BCUT2D eigenvalue weighted by atomic mass is 16.5. The number of carbonyl (C=O) groups excluding carboxylic acids is 1. The molecule has 0 radical (unpaired) electrons. The SMILES string of the molecule is COc1cc(-c2nn([C@H]3CC[C@@H](N4CCN(C)CC4)CC3)c3ncnc(N)c23)ccc1NC(=O)CNc1ccccc1. The van der Waals surface area contributed by atoms with E-state index in [9.17, 15) is 4.79 Å². The second-order valence-electron chi connectivity index (χ2n) is 11.2. The van der Waals surface area contributed by atoms with Gasteiger partial charge in [0.05, 0.1) is 30.8 Å². The van der Waals surface area contributed by atoms with Crippen molar-refractivity contribution >= 4 is 34.1 Å². The van der Waals surface area contributed by atoms with Crippen molar-refractivity contribution in [3.63, 3.8) is 0 Å². The smallest absolute Gasteiger partial charge is 0.243 e. The molecule has 42 heavy (non-hydrogen) atoms. The van der Waals surface area contributed by atoms with Crippen molar-refractivity contribution in [2.75, 3.05) is 63.2 Å². The molecular formula is C31H39N9O2. The Bertz CT molecular complexity index is 1520. The Morgan fingerprint density at radius 1 is 1.00 bits per heavy atom. The molecule has 0 atom stereocenters. The first-order valence-corrected chi connectivity index (χ1v) is 14.7. The summed E-state index contributed by atoms with van der Waals surface area (Å²) in [5, 5.41) is 11.9. The lowest BCUT2D eigenvalue weighted by molar-refractivity contribution is -0.114. The number of hydrogen-bond acceptors (Lipinski definition) is 9. The summed E-state index contributed by atoms with van der Waals surface area (Å²) in [5.41, 5.74) is 10.2. The Morgan fingerprint density at radius 3 is 2.48 bits per heavy atom. The number of anilines is 3. The van der Waals surface area contributed by atoms with Crippen molar-refractivity contribution in [1.29, 1.82) is 0 Å². The molecule has 1 saturated carbocycles. The summed E-state index contributed by atoms with van der Waals surface area (Å²) in [6.07, 6.45) is 5.89. The van der Waals surface area contributed by atoms with Gasteiger partial charge in [-0.15, -0.1) is 0 Å². The minimum Gasteiger partial charge on any atom is -0.495 e. The minimum atomic E-state index is -0.176. The molecule has 0 bridgehead atoms. The number of likely N-dealkylation sites (N-methyl/N-ethyl adjacent to an activating group) is 1. The molecule has 3 heterocycles. The molecular weight excluding hydrogens is 530 g/mol. The predicted octanol–water partition coefficient (Wildman–Crippen LogP) is 3.87. The van der Waals surface area contributed by atoms with E-state index in [0.29, 0.717) is 29.0 Å². The first kappa shape index (κ1) is 27.9. The van der Waals surface area contributed by atoms with Crippen molar-refractivity contribution in [3.8, 4) is 17.0 Å². The van der Waals surface area contributed by atoms with E-state index in [1.165, 1.54) is 6.33 Å². The summed E-state index contributed by atoms with van der Waals surface area (Å²) in [4.78, 5) is 26.6. The van der Waals surface area contributed by atoms with Crippen LogP contribution in [-0.4, -0.2) is 88.4 Å². The molecule has 1 amide bonds. The number of nitrogens with two attached hydrogens (primary N) is 1. The molecule has 1 aliphatic heterocycles. The number of rotatable bonds is 8. The van der Waals surface area contributed by atoms with Crippen molar-refractivity contribution in [2.45, 2.75) is 37.8 Å². The van der Waals surface area contributed by atoms with Gasteiger partial charge in [0.2, 0.25) is 5.91 Å². The fourth-order valence-electron chi connectivity index (χ4n) is 6.18. The number of hydrogen-bond donors (Lipinski definition) is 3. The van der Waals surface area contributed by atoms with Crippen molar-refractivity contribution in [1.82, 2.24) is 29.5 Å². The summed E-state index contributed by atoms with van der Waals surface area (Å²) < 4.78 is 7.73.